The van der Waals surface area contributed by atoms with Crippen molar-refractivity contribution in [3.05, 3.63) is 29.8 Å². The van der Waals surface area contributed by atoms with Crippen LogP contribution in [0.4, 0.5) is 13.2 Å². The number of halogens is 3. The van der Waals surface area contributed by atoms with Gasteiger partial charge < -0.3 is 0 Å². The minimum atomic E-state index is -4.28. The van der Waals surface area contributed by atoms with Crippen molar-refractivity contribution in [2.75, 3.05) is 6.54 Å². The number of hydrogen-bond donors (Lipinski definition) is 1. The van der Waals surface area contributed by atoms with Gasteiger partial charge in [-0.1, -0.05) is 19.1 Å². The van der Waals surface area contributed by atoms with E-state index in [0.29, 0.717) is 12.1 Å². The van der Waals surface area contributed by atoms with Crippen LogP contribution < -0.4 is 5.32 Å². The van der Waals surface area contributed by atoms with E-state index in [9.17, 15) is 13.2 Å². The Hall–Kier alpha value is -1.19. The Bertz CT molecular complexity index is 409. The Morgan fingerprint density at radius 1 is 1.33 bits per heavy atom. The number of alkyl halides is 3. The lowest BCUT2D eigenvalue weighted by molar-refractivity contribution is -0.0328. The van der Waals surface area contributed by atoms with Crippen LogP contribution in [0.5, 0.6) is 0 Å². The van der Waals surface area contributed by atoms with Gasteiger partial charge in [-0.05, 0) is 42.4 Å². The van der Waals surface area contributed by atoms with E-state index in [1.54, 1.807) is 12.1 Å². The van der Waals surface area contributed by atoms with Crippen LogP contribution in [0.1, 0.15) is 24.9 Å². The third-order valence-electron chi connectivity index (χ3n) is 2.17. The van der Waals surface area contributed by atoms with Crippen molar-refractivity contribution < 1.29 is 13.2 Å². The minimum Gasteiger partial charge on any atom is -0.298 e. The number of nitriles is 1. The highest BCUT2D eigenvalue weighted by atomic mass is 32.2. The van der Waals surface area contributed by atoms with E-state index in [0.717, 1.165) is 6.42 Å². The molecule has 0 bridgehead atoms. The smallest absolute Gasteiger partial charge is 0.298 e. The van der Waals surface area contributed by atoms with Gasteiger partial charge in [-0.15, -0.1) is 0 Å². The molecule has 1 atom stereocenters. The standard InChI is InChI=1S/C12H13F3N2S/c1-2-7-17-11(8-16)9-3-5-10(6-4-9)18-12(13,14)15/h3-6,11,17H,2,7H2,1H3. The first-order chi connectivity index (χ1) is 8.46. The van der Waals surface area contributed by atoms with Gasteiger partial charge in [0.15, 0.2) is 0 Å². The summed E-state index contributed by atoms with van der Waals surface area (Å²) in [5.41, 5.74) is -3.60. The predicted octanol–water partition coefficient (Wildman–Crippen LogP) is 3.86. The van der Waals surface area contributed by atoms with Gasteiger partial charge in [-0.25, -0.2) is 0 Å². The highest BCUT2D eigenvalue weighted by molar-refractivity contribution is 8.00. The molecule has 1 unspecified atom stereocenters. The molecule has 0 saturated heterocycles. The zero-order valence-corrected chi connectivity index (χ0v) is 10.6. The Kier molecular flexibility index (Phi) is 5.51. The molecule has 0 aliphatic heterocycles. The van der Waals surface area contributed by atoms with Crippen LogP contribution >= 0.6 is 11.8 Å². The summed E-state index contributed by atoms with van der Waals surface area (Å²) < 4.78 is 36.4. The summed E-state index contributed by atoms with van der Waals surface area (Å²) in [5, 5.41) is 12.0. The molecule has 0 spiro atoms. The van der Waals surface area contributed by atoms with E-state index in [1.165, 1.54) is 12.1 Å². The first-order valence-corrected chi connectivity index (χ1v) is 6.26. The number of benzene rings is 1. The van der Waals surface area contributed by atoms with Gasteiger partial charge >= 0.3 is 5.51 Å². The molecule has 1 rings (SSSR count). The first kappa shape index (κ1) is 14.9. The second-order valence-corrected chi connectivity index (χ2v) is 4.77. The van der Waals surface area contributed by atoms with Crippen molar-refractivity contribution in [2.45, 2.75) is 29.8 Å². The molecule has 6 heteroatoms. The highest BCUT2D eigenvalue weighted by Gasteiger charge is 2.29. The molecular formula is C12H13F3N2S. The zero-order chi connectivity index (χ0) is 13.6. The second-order valence-electron chi connectivity index (χ2n) is 3.63. The summed E-state index contributed by atoms with van der Waals surface area (Å²) in [6.07, 6.45) is 0.889. The number of hydrogen-bond acceptors (Lipinski definition) is 3. The summed E-state index contributed by atoms with van der Waals surface area (Å²) in [5.74, 6) is 0. The van der Waals surface area contributed by atoms with Crippen LogP contribution in [0, 0.1) is 11.3 Å². The van der Waals surface area contributed by atoms with Crippen LogP contribution in [0.3, 0.4) is 0 Å². The molecule has 1 aromatic carbocycles. The highest BCUT2D eigenvalue weighted by Crippen LogP contribution is 2.36. The van der Waals surface area contributed by atoms with Crippen LogP contribution in [-0.2, 0) is 0 Å². The average Bonchev–Trinajstić information content (AvgIpc) is 2.30. The fourth-order valence-corrected chi connectivity index (χ4v) is 1.93. The van der Waals surface area contributed by atoms with E-state index in [-0.39, 0.29) is 16.7 Å². The fraction of sp³-hybridized carbons (Fsp3) is 0.417. The zero-order valence-electron chi connectivity index (χ0n) is 9.79. The maximum Gasteiger partial charge on any atom is 0.446 e. The van der Waals surface area contributed by atoms with Crippen LogP contribution in [-0.4, -0.2) is 12.1 Å². The van der Waals surface area contributed by atoms with Crippen molar-refractivity contribution in [2.24, 2.45) is 0 Å². The minimum absolute atomic E-state index is 0.124. The molecule has 98 valence electrons. The van der Waals surface area contributed by atoms with E-state index >= 15 is 0 Å². The summed E-state index contributed by atoms with van der Waals surface area (Å²) in [7, 11) is 0. The average molecular weight is 274 g/mol. The molecule has 2 nitrogen and oxygen atoms in total. The Labute approximate surface area is 108 Å². The lowest BCUT2D eigenvalue weighted by atomic mass is 10.1. The van der Waals surface area contributed by atoms with Gasteiger partial charge in [0.05, 0.1) is 6.07 Å². The van der Waals surface area contributed by atoms with E-state index in [4.69, 9.17) is 5.26 Å². The molecule has 1 N–H and O–H groups in total. The third kappa shape index (κ3) is 4.98. The number of nitrogens with one attached hydrogen (secondary N) is 1. The Balaban J connectivity index is 2.72. The number of thioether (sulfide) groups is 1. The van der Waals surface area contributed by atoms with Gasteiger partial charge in [0, 0.05) is 4.90 Å². The summed E-state index contributed by atoms with van der Waals surface area (Å²) in [6.45, 7) is 2.67. The van der Waals surface area contributed by atoms with Crippen LogP contribution in [0.15, 0.2) is 29.2 Å². The molecule has 1 aromatic rings. The fourth-order valence-electron chi connectivity index (χ4n) is 1.39. The summed E-state index contributed by atoms with van der Waals surface area (Å²) >= 11 is -0.157. The van der Waals surface area contributed by atoms with Crippen molar-refractivity contribution in [1.29, 1.82) is 5.26 Å². The molecule has 18 heavy (non-hydrogen) atoms. The molecule has 0 fully saturated rings. The normalized spacial score (nSPS) is 13.1. The topological polar surface area (TPSA) is 35.8 Å². The third-order valence-corrected chi connectivity index (χ3v) is 2.91. The quantitative estimate of drug-likeness (QED) is 0.828. The van der Waals surface area contributed by atoms with Crippen molar-refractivity contribution in [3.63, 3.8) is 0 Å². The molecule has 0 amide bonds. The lowest BCUT2D eigenvalue weighted by Gasteiger charge is -2.12. The summed E-state index contributed by atoms with van der Waals surface area (Å²) in [6, 6.07) is 7.46. The number of rotatable bonds is 5. The van der Waals surface area contributed by atoms with Crippen LogP contribution in [0.2, 0.25) is 0 Å². The van der Waals surface area contributed by atoms with Gasteiger partial charge in [-0.2, -0.15) is 18.4 Å². The molecular weight excluding hydrogens is 261 g/mol. The van der Waals surface area contributed by atoms with Crippen molar-refractivity contribution in [3.8, 4) is 6.07 Å². The molecule has 0 aliphatic rings. The largest absolute Gasteiger partial charge is 0.446 e. The number of nitrogens with zero attached hydrogens (tertiary/aromatic N) is 1. The monoisotopic (exact) mass is 274 g/mol. The lowest BCUT2D eigenvalue weighted by Crippen LogP contribution is -2.20. The Morgan fingerprint density at radius 2 is 1.94 bits per heavy atom. The Morgan fingerprint density at radius 3 is 2.39 bits per heavy atom. The van der Waals surface area contributed by atoms with Crippen molar-refractivity contribution >= 4 is 11.8 Å². The molecule has 0 radical (unpaired) electrons. The molecule has 0 saturated carbocycles. The molecule has 0 aliphatic carbocycles. The molecule has 0 aromatic heterocycles. The van der Waals surface area contributed by atoms with Gasteiger partial charge in [0.2, 0.25) is 0 Å². The van der Waals surface area contributed by atoms with E-state index < -0.39 is 11.6 Å². The maximum atomic E-state index is 12.1. The predicted molar refractivity (Wildman–Crippen MR) is 65.0 cm³/mol. The van der Waals surface area contributed by atoms with E-state index in [1.807, 2.05) is 6.92 Å². The van der Waals surface area contributed by atoms with E-state index in [2.05, 4.69) is 11.4 Å². The van der Waals surface area contributed by atoms with Crippen molar-refractivity contribution in [1.82, 2.24) is 5.32 Å². The maximum absolute atomic E-state index is 12.1. The van der Waals surface area contributed by atoms with Gasteiger partial charge in [0.25, 0.3) is 0 Å². The van der Waals surface area contributed by atoms with Gasteiger partial charge in [-0.3, -0.25) is 5.32 Å². The van der Waals surface area contributed by atoms with Gasteiger partial charge in [0.1, 0.15) is 6.04 Å². The molecule has 0 heterocycles. The summed E-state index contributed by atoms with van der Waals surface area (Å²) in [4.78, 5) is 0.124. The first-order valence-electron chi connectivity index (χ1n) is 5.45. The van der Waals surface area contributed by atoms with Crippen LogP contribution in [0.25, 0.3) is 0 Å². The SMILES string of the molecule is CCCNC(C#N)c1ccc(SC(F)(F)F)cc1. The second kappa shape index (κ2) is 6.66.